The summed E-state index contributed by atoms with van der Waals surface area (Å²) in [5.41, 5.74) is 0. The van der Waals surface area contributed by atoms with Crippen LogP contribution in [0, 0.1) is 0 Å². The maximum atomic E-state index is 11.2. The molecule has 0 saturated heterocycles. The molecule has 0 saturated carbocycles. The van der Waals surface area contributed by atoms with Crippen LogP contribution in [0.4, 0.5) is 0 Å². The Morgan fingerprint density at radius 3 is 2.17 bits per heavy atom. The van der Waals surface area contributed by atoms with E-state index in [1.165, 1.54) is 0 Å². The van der Waals surface area contributed by atoms with Crippen LogP contribution in [-0.4, -0.2) is 34.9 Å². The van der Waals surface area contributed by atoms with Crippen molar-refractivity contribution in [2.75, 3.05) is 6.61 Å². The number of hydrogen-bond acceptors (Lipinski definition) is 4. The minimum Gasteiger partial charge on any atom is -0.481 e. The van der Waals surface area contributed by atoms with E-state index in [2.05, 4.69) is 0 Å². The fraction of sp³-hybridized carbons (Fsp3) is 0.846. The van der Waals surface area contributed by atoms with Crippen molar-refractivity contribution in [3.8, 4) is 0 Å². The van der Waals surface area contributed by atoms with Gasteiger partial charge in [-0.2, -0.15) is 0 Å². The topological polar surface area (TPSA) is 83.8 Å². The number of carbonyl (C=O) groups excluding carboxylic acids is 1. The Kier molecular flexibility index (Phi) is 10.3. The van der Waals surface area contributed by atoms with E-state index in [1.807, 2.05) is 0 Å². The summed E-state index contributed by atoms with van der Waals surface area (Å²) in [5.74, 6) is -0.974. The van der Waals surface area contributed by atoms with Gasteiger partial charge in [0.15, 0.2) is 0 Å². The molecule has 18 heavy (non-hydrogen) atoms. The molecule has 0 amide bonds. The number of unbranched alkanes of at least 4 members (excludes halogenated alkanes) is 4. The monoisotopic (exact) mass is 260 g/mol. The number of esters is 1. The van der Waals surface area contributed by atoms with E-state index in [4.69, 9.17) is 14.9 Å². The van der Waals surface area contributed by atoms with Crippen LogP contribution < -0.4 is 0 Å². The van der Waals surface area contributed by atoms with E-state index >= 15 is 0 Å². The summed E-state index contributed by atoms with van der Waals surface area (Å²) in [6.07, 6.45) is 4.91. The Morgan fingerprint density at radius 2 is 1.61 bits per heavy atom. The number of aliphatic hydroxyl groups is 1. The Labute approximate surface area is 108 Å². The fourth-order valence-corrected chi connectivity index (χ4v) is 1.49. The zero-order valence-electron chi connectivity index (χ0n) is 11.1. The van der Waals surface area contributed by atoms with Crippen LogP contribution in [0.15, 0.2) is 0 Å². The van der Waals surface area contributed by atoms with Crippen LogP contribution in [0.2, 0.25) is 0 Å². The summed E-state index contributed by atoms with van der Waals surface area (Å²) in [6, 6.07) is 0. The molecule has 5 nitrogen and oxygen atoms in total. The highest BCUT2D eigenvalue weighted by Gasteiger charge is 2.04. The molecular weight excluding hydrogens is 236 g/mol. The highest BCUT2D eigenvalue weighted by atomic mass is 16.5. The van der Waals surface area contributed by atoms with E-state index in [1.54, 1.807) is 6.92 Å². The van der Waals surface area contributed by atoms with E-state index in [0.717, 1.165) is 25.7 Å². The molecule has 0 spiro atoms. The Bertz CT molecular complexity index is 238. The summed E-state index contributed by atoms with van der Waals surface area (Å²) in [5, 5.41) is 17.4. The number of aliphatic hydroxyl groups excluding tert-OH is 1. The van der Waals surface area contributed by atoms with Crippen LogP contribution >= 0.6 is 0 Å². The first-order chi connectivity index (χ1) is 8.52. The van der Waals surface area contributed by atoms with Gasteiger partial charge >= 0.3 is 11.9 Å². The smallest absolute Gasteiger partial charge is 0.305 e. The summed E-state index contributed by atoms with van der Waals surface area (Å²) in [4.78, 5) is 21.5. The molecule has 1 atom stereocenters. The molecule has 0 aliphatic rings. The second kappa shape index (κ2) is 11.0. The normalized spacial score (nSPS) is 12.1. The number of carboxylic acid groups (broad SMARTS) is 1. The minimum atomic E-state index is -0.753. The lowest BCUT2D eigenvalue weighted by atomic mass is 10.1. The third kappa shape index (κ3) is 13.0. The number of aliphatic carboxylic acids is 1. The van der Waals surface area contributed by atoms with Crippen molar-refractivity contribution in [3.63, 3.8) is 0 Å². The number of hydrogen-bond donors (Lipinski definition) is 2. The molecule has 106 valence electrons. The van der Waals surface area contributed by atoms with Crippen molar-refractivity contribution < 1.29 is 24.5 Å². The van der Waals surface area contributed by atoms with Crippen LogP contribution in [0.25, 0.3) is 0 Å². The highest BCUT2D eigenvalue weighted by molar-refractivity contribution is 5.69. The fourth-order valence-electron chi connectivity index (χ4n) is 1.49. The molecule has 2 N–H and O–H groups in total. The van der Waals surface area contributed by atoms with Gasteiger partial charge in [-0.25, -0.2) is 0 Å². The minimum absolute atomic E-state index is 0.221. The van der Waals surface area contributed by atoms with Crippen molar-refractivity contribution in [3.05, 3.63) is 0 Å². The Morgan fingerprint density at radius 1 is 1.06 bits per heavy atom. The molecule has 0 bridgehead atoms. The summed E-state index contributed by atoms with van der Waals surface area (Å²) >= 11 is 0. The van der Waals surface area contributed by atoms with E-state index < -0.39 is 12.1 Å². The van der Waals surface area contributed by atoms with Crippen molar-refractivity contribution >= 4 is 11.9 Å². The molecule has 0 aromatic carbocycles. The van der Waals surface area contributed by atoms with Gasteiger partial charge in [-0.15, -0.1) is 0 Å². The zero-order valence-corrected chi connectivity index (χ0v) is 11.1. The summed E-state index contributed by atoms with van der Waals surface area (Å²) in [7, 11) is 0. The van der Waals surface area contributed by atoms with Gasteiger partial charge in [0.2, 0.25) is 0 Å². The van der Waals surface area contributed by atoms with Gasteiger partial charge in [0.1, 0.15) is 0 Å². The van der Waals surface area contributed by atoms with Crippen LogP contribution in [0.5, 0.6) is 0 Å². The van der Waals surface area contributed by atoms with Crippen molar-refractivity contribution in [2.24, 2.45) is 0 Å². The number of carbonyl (C=O) groups is 2. The first-order valence-corrected chi connectivity index (χ1v) is 6.58. The van der Waals surface area contributed by atoms with Gasteiger partial charge in [0.05, 0.1) is 12.7 Å². The average Bonchev–Trinajstić information content (AvgIpc) is 2.26. The second-order valence-corrected chi connectivity index (χ2v) is 4.52. The number of ether oxygens (including phenoxy) is 1. The van der Waals surface area contributed by atoms with Gasteiger partial charge in [-0.1, -0.05) is 19.3 Å². The quantitative estimate of drug-likeness (QED) is 0.439. The number of carboxylic acids is 1. The first kappa shape index (κ1) is 16.9. The maximum Gasteiger partial charge on any atom is 0.305 e. The largest absolute Gasteiger partial charge is 0.481 e. The lowest BCUT2D eigenvalue weighted by molar-refractivity contribution is -0.144. The van der Waals surface area contributed by atoms with E-state index in [-0.39, 0.29) is 19.0 Å². The SMILES string of the molecule is CC(O)CCOC(=O)CCCCCCCC(=O)O. The molecule has 0 aromatic rings. The molecular formula is C13H24O5. The third-order valence-electron chi connectivity index (χ3n) is 2.57. The van der Waals surface area contributed by atoms with E-state index in [9.17, 15) is 9.59 Å². The van der Waals surface area contributed by atoms with Crippen LogP contribution in [-0.2, 0) is 14.3 Å². The molecule has 0 rings (SSSR count). The van der Waals surface area contributed by atoms with Crippen molar-refractivity contribution in [1.82, 2.24) is 0 Å². The second-order valence-electron chi connectivity index (χ2n) is 4.52. The van der Waals surface area contributed by atoms with Gasteiger partial charge in [0, 0.05) is 19.3 Å². The van der Waals surface area contributed by atoms with Gasteiger partial charge in [-0.3, -0.25) is 9.59 Å². The van der Waals surface area contributed by atoms with Crippen LogP contribution in [0.3, 0.4) is 0 Å². The van der Waals surface area contributed by atoms with Gasteiger partial charge < -0.3 is 14.9 Å². The number of rotatable bonds is 11. The summed E-state index contributed by atoms with van der Waals surface area (Å²) < 4.78 is 4.94. The highest BCUT2D eigenvalue weighted by Crippen LogP contribution is 2.08. The van der Waals surface area contributed by atoms with Gasteiger partial charge in [0.25, 0.3) is 0 Å². The molecule has 1 unspecified atom stereocenters. The summed E-state index contributed by atoms with van der Waals surface area (Å²) in [6.45, 7) is 1.93. The lowest BCUT2D eigenvalue weighted by Crippen LogP contribution is -2.10. The predicted octanol–water partition coefficient (Wildman–Crippen LogP) is 2.12. The Hall–Kier alpha value is -1.10. The molecule has 5 heteroatoms. The molecule has 0 radical (unpaired) electrons. The first-order valence-electron chi connectivity index (χ1n) is 6.58. The van der Waals surface area contributed by atoms with E-state index in [0.29, 0.717) is 19.3 Å². The van der Waals surface area contributed by atoms with Gasteiger partial charge in [-0.05, 0) is 19.8 Å². The average molecular weight is 260 g/mol. The molecule has 0 fully saturated rings. The molecule has 0 aliphatic heterocycles. The third-order valence-corrected chi connectivity index (χ3v) is 2.57. The molecule has 0 aliphatic carbocycles. The van der Waals surface area contributed by atoms with Crippen molar-refractivity contribution in [1.29, 1.82) is 0 Å². The standard InChI is InChI=1S/C13H24O5/c1-11(14)9-10-18-13(17)8-6-4-2-3-5-7-12(15)16/h11,14H,2-10H2,1H3,(H,15,16). The predicted molar refractivity (Wildman–Crippen MR) is 67.2 cm³/mol. The van der Waals surface area contributed by atoms with Crippen molar-refractivity contribution in [2.45, 2.75) is 64.4 Å². The maximum absolute atomic E-state index is 11.2. The van der Waals surface area contributed by atoms with Crippen LogP contribution in [0.1, 0.15) is 58.3 Å². The zero-order chi connectivity index (χ0) is 13.8. The molecule has 0 heterocycles. The molecule has 0 aromatic heterocycles. The lowest BCUT2D eigenvalue weighted by Gasteiger charge is -2.06. The Balaban J connectivity index is 3.22.